The van der Waals surface area contributed by atoms with Crippen molar-refractivity contribution in [3.8, 4) is 0 Å². The molecule has 4 nitrogen and oxygen atoms in total. The molecule has 1 saturated carbocycles. The lowest BCUT2D eigenvalue weighted by atomic mass is 10.1. The van der Waals surface area contributed by atoms with Crippen molar-refractivity contribution in [2.24, 2.45) is 0 Å². The zero-order chi connectivity index (χ0) is 13.1. The summed E-state index contributed by atoms with van der Waals surface area (Å²) < 4.78 is 0. The topological polar surface area (TPSA) is 55.2 Å². The number of nitrogens with one attached hydrogen (secondary N) is 1. The summed E-state index contributed by atoms with van der Waals surface area (Å²) in [5.41, 5.74) is 1.58. The molecule has 0 radical (unpaired) electrons. The number of aryl methyl sites for hydroxylation is 1. The summed E-state index contributed by atoms with van der Waals surface area (Å²) in [6, 6.07) is 5.80. The first kappa shape index (κ1) is 13.2. The molecule has 1 aliphatic rings. The van der Waals surface area contributed by atoms with Gasteiger partial charge in [-0.3, -0.25) is 10.1 Å². The summed E-state index contributed by atoms with van der Waals surface area (Å²) in [5, 5.41) is 15.1. The second kappa shape index (κ2) is 5.61. The molecule has 0 bridgehead atoms. The lowest BCUT2D eigenvalue weighted by molar-refractivity contribution is -0.384. The van der Waals surface area contributed by atoms with Gasteiger partial charge in [0.1, 0.15) is 5.69 Å². The molecule has 1 N–H and O–H groups in total. The second-order valence-electron chi connectivity index (χ2n) is 4.68. The van der Waals surface area contributed by atoms with Crippen molar-refractivity contribution in [3.63, 3.8) is 0 Å². The highest BCUT2D eigenvalue weighted by Crippen LogP contribution is 2.34. The Balaban J connectivity index is 2.23. The van der Waals surface area contributed by atoms with Gasteiger partial charge < -0.3 is 5.32 Å². The van der Waals surface area contributed by atoms with Crippen LogP contribution in [0.1, 0.15) is 24.8 Å². The molecule has 2 rings (SSSR count). The Kier molecular flexibility index (Phi) is 4.11. The number of nitrogens with zero attached hydrogens (tertiary/aromatic N) is 1. The number of anilines is 1. The van der Waals surface area contributed by atoms with Crippen molar-refractivity contribution in [2.75, 3.05) is 11.6 Å². The van der Waals surface area contributed by atoms with E-state index >= 15 is 0 Å². The van der Waals surface area contributed by atoms with Crippen molar-refractivity contribution in [1.29, 1.82) is 0 Å². The molecule has 1 aromatic rings. The van der Waals surface area contributed by atoms with E-state index in [1.807, 2.05) is 17.8 Å². The first-order valence-corrected chi connectivity index (χ1v) is 7.45. The Labute approximate surface area is 111 Å². The van der Waals surface area contributed by atoms with Crippen LogP contribution in [0.3, 0.4) is 0 Å². The Bertz CT molecular complexity index is 451. The van der Waals surface area contributed by atoms with E-state index < -0.39 is 0 Å². The summed E-state index contributed by atoms with van der Waals surface area (Å²) in [4.78, 5) is 10.8. The largest absolute Gasteiger partial charge is 0.376 e. The van der Waals surface area contributed by atoms with Crippen LogP contribution < -0.4 is 5.32 Å². The fourth-order valence-corrected chi connectivity index (χ4v) is 3.53. The number of hydrogen-bond donors (Lipinski definition) is 1. The first-order chi connectivity index (χ1) is 8.63. The quantitative estimate of drug-likeness (QED) is 0.668. The van der Waals surface area contributed by atoms with Crippen LogP contribution in [0.2, 0.25) is 0 Å². The number of para-hydroxylation sites is 1. The van der Waals surface area contributed by atoms with Gasteiger partial charge in [0, 0.05) is 16.9 Å². The number of nitro benzene ring substituents is 1. The fraction of sp³-hybridized carbons (Fsp3) is 0.538. The molecule has 0 spiro atoms. The van der Waals surface area contributed by atoms with Gasteiger partial charge in [0.05, 0.1) is 4.92 Å². The molecule has 0 heterocycles. The van der Waals surface area contributed by atoms with E-state index in [0.717, 1.165) is 6.42 Å². The number of hydrogen-bond acceptors (Lipinski definition) is 4. The van der Waals surface area contributed by atoms with Crippen LogP contribution in [0, 0.1) is 17.0 Å². The molecule has 2 atom stereocenters. The SMILES string of the molecule is CSC1CCCC1Nc1cccc(C)c1[N+](=O)[O-]. The smallest absolute Gasteiger partial charge is 0.295 e. The predicted molar refractivity (Wildman–Crippen MR) is 76.4 cm³/mol. The van der Waals surface area contributed by atoms with Gasteiger partial charge in [-0.15, -0.1) is 0 Å². The first-order valence-electron chi connectivity index (χ1n) is 6.17. The highest BCUT2D eigenvalue weighted by molar-refractivity contribution is 7.99. The lowest BCUT2D eigenvalue weighted by Crippen LogP contribution is -2.26. The number of rotatable bonds is 4. The Morgan fingerprint density at radius 2 is 2.22 bits per heavy atom. The van der Waals surface area contributed by atoms with Gasteiger partial charge in [0.2, 0.25) is 0 Å². The third-order valence-corrected chi connectivity index (χ3v) is 4.69. The molecule has 1 aromatic carbocycles. The van der Waals surface area contributed by atoms with Crippen molar-refractivity contribution < 1.29 is 4.92 Å². The molecule has 5 heteroatoms. The van der Waals surface area contributed by atoms with Crippen LogP contribution in [0.5, 0.6) is 0 Å². The molecule has 0 amide bonds. The maximum absolute atomic E-state index is 11.1. The zero-order valence-electron chi connectivity index (χ0n) is 10.7. The molecular formula is C13H18N2O2S. The Hall–Kier alpha value is -1.23. The molecule has 2 unspecified atom stereocenters. The van der Waals surface area contributed by atoms with Crippen LogP contribution in [-0.4, -0.2) is 22.5 Å². The summed E-state index contributed by atoms with van der Waals surface area (Å²) in [6.07, 6.45) is 5.59. The van der Waals surface area contributed by atoms with E-state index in [1.165, 1.54) is 12.8 Å². The molecule has 0 saturated heterocycles. The third-order valence-electron chi connectivity index (χ3n) is 3.52. The molecule has 1 fully saturated rings. The van der Waals surface area contributed by atoms with Crippen LogP contribution in [0.25, 0.3) is 0 Å². The van der Waals surface area contributed by atoms with Gasteiger partial charge in [0.15, 0.2) is 0 Å². The number of thioether (sulfide) groups is 1. The average Bonchev–Trinajstić information content (AvgIpc) is 2.76. The molecule has 98 valence electrons. The fourth-order valence-electron chi connectivity index (χ4n) is 2.59. The minimum atomic E-state index is -0.291. The maximum Gasteiger partial charge on any atom is 0.295 e. The second-order valence-corrected chi connectivity index (χ2v) is 5.76. The third kappa shape index (κ3) is 2.61. The number of benzene rings is 1. The Morgan fingerprint density at radius 3 is 2.89 bits per heavy atom. The highest BCUT2D eigenvalue weighted by atomic mass is 32.2. The minimum Gasteiger partial charge on any atom is -0.376 e. The average molecular weight is 266 g/mol. The van der Waals surface area contributed by atoms with Gasteiger partial charge in [-0.1, -0.05) is 18.6 Å². The summed E-state index contributed by atoms with van der Waals surface area (Å²) >= 11 is 1.85. The Morgan fingerprint density at radius 1 is 1.44 bits per heavy atom. The molecule has 1 aliphatic carbocycles. The summed E-state index contributed by atoms with van der Waals surface area (Å²) in [6.45, 7) is 1.78. The summed E-state index contributed by atoms with van der Waals surface area (Å²) in [7, 11) is 0. The lowest BCUT2D eigenvalue weighted by Gasteiger charge is -2.20. The van der Waals surface area contributed by atoms with Gasteiger partial charge in [0.25, 0.3) is 5.69 Å². The molecule has 0 aromatic heterocycles. The van der Waals surface area contributed by atoms with Gasteiger partial charge in [-0.2, -0.15) is 11.8 Å². The highest BCUT2D eigenvalue weighted by Gasteiger charge is 2.28. The van der Waals surface area contributed by atoms with E-state index in [0.29, 0.717) is 22.5 Å². The van der Waals surface area contributed by atoms with Crippen LogP contribution in [0.4, 0.5) is 11.4 Å². The molecule has 18 heavy (non-hydrogen) atoms. The standard InChI is InChI=1S/C13H18N2O2S/c1-9-5-3-7-11(13(9)15(16)17)14-10-6-4-8-12(10)18-2/h3,5,7,10,12,14H,4,6,8H2,1-2H3. The van der Waals surface area contributed by atoms with E-state index in [2.05, 4.69) is 11.6 Å². The zero-order valence-corrected chi connectivity index (χ0v) is 11.5. The number of nitro groups is 1. The maximum atomic E-state index is 11.1. The van der Waals surface area contributed by atoms with Gasteiger partial charge >= 0.3 is 0 Å². The van der Waals surface area contributed by atoms with Gasteiger partial charge in [-0.25, -0.2) is 0 Å². The van der Waals surface area contributed by atoms with E-state index in [-0.39, 0.29) is 10.6 Å². The van der Waals surface area contributed by atoms with Crippen LogP contribution in [0.15, 0.2) is 18.2 Å². The van der Waals surface area contributed by atoms with Crippen LogP contribution in [-0.2, 0) is 0 Å². The predicted octanol–water partition coefficient (Wildman–Crippen LogP) is 3.60. The molecule has 0 aliphatic heterocycles. The van der Waals surface area contributed by atoms with Crippen molar-refractivity contribution in [3.05, 3.63) is 33.9 Å². The van der Waals surface area contributed by atoms with Crippen molar-refractivity contribution >= 4 is 23.1 Å². The van der Waals surface area contributed by atoms with Crippen molar-refractivity contribution in [2.45, 2.75) is 37.5 Å². The summed E-state index contributed by atoms with van der Waals surface area (Å²) in [5.74, 6) is 0. The van der Waals surface area contributed by atoms with E-state index in [9.17, 15) is 10.1 Å². The van der Waals surface area contributed by atoms with Crippen LogP contribution >= 0.6 is 11.8 Å². The van der Waals surface area contributed by atoms with Crippen molar-refractivity contribution in [1.82, 2.24) is 0 Å². The normalized spacial score (nSPS) is 23.0. The monoisotopic (exact) mass is 266 g/mol. The van der Waals surface area contributed by atoms with E-state index in [1.54, 1.807) is 19.1 Å². The minimum absolute atomic E-state index is 0.212. The molecular weight excluding hydrogens is 248 g/mol. The van der Waals surface area contributed by atoms with Gasteiger partial charge in [-0.05, 0) is 32.1 Å². The van der Waals surface area contributed by atoms with E-state index in [4.69, 9.17) is 0 Å².